The normalized spacial score (nSPS) is 24.0. The van der Waals surface area contributed by atoms with Gasteiger partial charge in [-0.1, -0.05) is 48.6 Å². The van der Waals surface area contributed by atoms with Crippen LogP contribution in [0.5, 0.6) is 0 Å². The van der Waals surface area contributed by atoms with Crippen molar-refractivity contribution in [1.29, 1.82) is 0 Å². The largest absolute Gasteiger partial charge is 0.490 e. The van der Waals surface area contributed by atoms with Crippen molar-refractivity contribution in [2.45, 2.75) is 19.4 Å². The van der Waals surface area contributed by atoms with Gasteiger partial charge in [0, 0.05) is 5.92 Å². The number of allylic oxidation sites excluding steroid dienone is 4. The molecule has 3 nitrogen and oxygen atoms in total. The Kier molecular flexibility index (Phi) is 3.65. The van der Waals surface area contributed by atoms with E-state index in [1.165, 1.54) is 7.11 Å². The summed E-state index contributed by atoms with van der Waals surface area (Å²) in [6.45, 7) is 1.84. The fourth-order valence-electron chi connectivity index (χ4n) is 3.02. The molecule has 1 aliphatic heterocycles. The first-order valence-corrected chi connectivity index (χ1v) is 7.10. The third-order valence-electron chi connectivity index (χ3n) is 4.02. The van der Waals surface area contributed by atoms with Gasteiger partial charge in [0.2, 0.25) is 0 Å². The van der Waals surface area contributed by atoms with Crippen molar-refractivity contribution in [3.05, 3.63) is 65.5 Å². The van der Waals surface area contributed by atoms with E-state index in [2.05, 4.69) is 24.3 Å². The van der Waals surface area contributed by atoms with E-state index in [9.17, 15) is 4.79 Å². The van der Waals surface area contributed by atoms with Crippen LogP contribution in [-0.4, -0.2) is 19.2 Å². The molecule has 0 aromatic heterocycles. The predicted molar refractivity (Wildman–Crippen MR) is 81.3 cm³/mol. The van der Waals surface area contributed by atoms with Crippen molar-refractivity contribution in [1.82, 2.24) is 0 Å². The first-order valence-electron chi connectivity index (χ1n) is 7.10. The minimum absolute atomic E-state index is 0.0270. The van der Waals surface area contributed by atoms with Crippen molar-refractivity contribution < 1.29 is 14.3 Å². The van der Waals surface area contributed by atoms with Crippen LogP contribution in [0.4, 0.5) is 0 Å². The van der Waals surface area contributed by atoms with Crippen molar-refractivity contribution in [3.8, 4) is 0 Å². The number of rotatable bonds is 2. The van der Waals surface area contributed by atoms with E-state index in [1.807, 2.05) is 31.2 Å². The summed E-state index contributed by atoms with van der Waals surface area (Å²) in [7, 11) is 1.41. The second-order valence-corrected chi connectivity index (χ2v) is 5.28. The molecule has 108 valence electrons. The molecule has 0 saturated heterocycles. The van der Waals surface area contributed by atoms with Crippen LogP contribution in [0.1, 0.15) is 18.9 Å². The summed E-state index contributed by atoms with van der Waals surface area (Å²) in [5.41, 5.74) is 2.94. The van der Waals surface area contributed by atoms with Crippen molar-refractivity contribution >= 4 is 11.5 Å². The lowest BCUT2D eigenvalue weighted by Crippen LogP contribution is -2.28. The second kappa shape index (κ2) is 5.60. The number of methoxy groups -OCH3 is 1. The summed E-state index contributed by atoms with van der Waals surface area (Å²) in [6.07, 6.45) is 6.88. The molecule has 0 radical (unpaired) electrons. The molecule has 2 atom stereocenters. The summed E-state index contributed by atoms with van der Waals surface area (Å²) in [4.78, 5) is 11.9. The molecule has 2 aliphatic rings. The number of fused-ring (bicyclic) bond motifs is 2. The highest BCUT2D eigenvalue weighted by Gasteiger charge is 2.34. The van der Waals surface area contributed by atoms with Crippen LogP contribution in [0, 0.1) is 5.92 Å². The molecular weight excluding hydrogens is 264 g/mol. The van der Waals surface area contributed by atoms with Gasteiger partial charge in [-0.05, 0) is 24.5 Å². The molecule has 0 N–H and O–H groups in total. The van der Waals surface area contributed by atoms with E-state index in [0.717, 1.165) is 17.6 Å². The van der Waals surface area contributed by atoms with Crippen molar-refractivity contribution in [2.75, 3.05) is 7.11 Å². The molecule has 0 fully saturated rings. The zero-order chi connectivity index (χ0) is 14.8. The van der Waals surface area contributed by atoms with Crippen LogP contribution in [0.3, 0.4) is 0 Å². The van der Waals surface area contributed by atoms with Gasteiger partial charge in [0.25, 0.3) is 0 Å². The molecule has 1 aromatic rings. The van der Waals surface area contributed by atoms with Gasteiger partial charge in [-0.25, -0.2) is 4.79 Å². The van der Waals surface area contributed by atoms with Gasteiger partial charge in [-0.2, -0.15) is 0 Å². The number of esters is 1. The van der Waals surface area contributed by atoms with Crippen LogP contribution in [0.25, 0.3) is 5.57 Å². The summed E-state index contributed by atoms with van der Waals surface area (Å²) in [5, 5.41) is 0. The van der Waals surface area contributed by atoms with Crippen LogP contribution in [-0.2, 0) is 14.3 Å². The van der Waals surface area contributed by atoms with E-state index >= 15 is 0 Å². The molecule has 21 heavy (non-hydrogen) atoms. The maximum absolute atomic E-state index is 11.9. The van der Waals surface area contributed by atoms with Crippen LogP contribution in [0.2, 0.25) is 0 Å². The number of benzene rings is 1. The Bertz CT molecular complexity index is 638. The number of hydrogen-bond donors (Lipinski definition) is 0. The molecule has 1 heterocycles. The van der Waals surface area contributed by atoms with Gasteiger partial charge in [-0.3, -0.25) is 0 Å². The quantitative estimate of drug-likeness (QED) is 0.779. The summed E-state index contributed by atoms with van der Waals surface area (Å²) in [5.74, 6) is 0.411. The Morgan fingerprint density at radius 3 is 2.76 bits per heavy atom. The molecule has 0 saturated carbocycles. The summed E-state index contributed by atoms with van der Waals surface area (Å²) < 4.78 is 10.9. The first-order chi connectivity index (χ1) is 10.2. The molecule has 1 aromatic carbocycles. The fraction of sp³-hybridized carbons (Fsp3) is 0.278. The Morgan fingerprint density at radius 2 is 2.05 bits per heavy atom. The Hall–Kier alpha value is -2.29. The summed E-state index contributed by atoms with van der Waals surface area (Å²) in [6, 6.07) is 10.2. The highest BCUT2D eigenvalue weighted by atomic mass is 16.5. The SMILES string of the molecule is COC(=O)C1=C(C)O[C@@H]2C[C@@H]1C=CC=C2c1ccccc1. The zero-order valence-corrected chi connectivity index (χ0v) is 12.2. The number of carbonyl (C=O) groups is 1. The average molecular weight is 282 g/mol. The highest BCUT2D eigenvalue weighted by Crippen LogP contribution is 2.38. The maximum Gasteiger partial charge on any atom is 0.337 e. The van der Waals surface area contributed by atoms with Gasteiger partial charge in [0.1, 0.15) is 11.9 Å². The topological polar surface area (TPSA) is 35.5 Å². The summed E-state index contributed by atoms with van der Waals surface area (Å²) >= 11 is 0. The van der Waals surface area contributed by atoms with Crippen LogP contribution >= 0.6 is 0 Å². The zero-order valence-electron chi connectivity index (χ0n) is 12.2. The first kappa shape index (κ1) is 13.7. The molecule has 0 spiro atoms. The predicted octanol–water partition coefficient (Wildman–Crippen LogP) is 3.49. The van der Waals surface area contributed by atoms with Gasteiger partial charge >= 0.3 is 5.97 Å². The maximum atomic E-state index is 11.9. The van der Waals surface area contributed by atoms with Gasteiger partial charge < -0.3 is 9.47 Å². The number of ether oxygens (including phenoxy) is 2. The van der Waals surface area contributed by atoms with Crippen molar-refractivity contribution in [2.24, 2.45) is 5.92 Å². The van der Waals surface area contributed by atoms with E-state index in [1.54, 1.807) is 0 Å². The van der Waals surface area contributed by atoms with Gasteiger partial charge in [0.05, 0.1) is 12.7 Å². The molecule has 2 bridgehead atoms. The Morgan fingerprint density at radius 1 is 1.29 bits per heavy atom. The standard InChI is InChI=1S/C18H18O3/c1-12-17(18(19)20-2)14-9-6-10-15(16(11-14)21-12)13-7-4-3-5-8-13/h3-10,14,16H,11H2,1-2H3/t14-,16+/m0/s1. The van der Waals surface area contributed by atoms with Crippen LogP contribution < -0.4 is 0 Å². The molecule has 3 heteroatoms. The molecular formula is C18H18O3. The molecule has 3 rings (SSSR count). The minimum Gasteiger partial charge on any atom is -0.490 e. The number of carbonyl (C=O) groups excluding carboxylic acids is 1. The lowest BCUT2D eigenvalue weighted by molar-refractivity contribution is -0.137. The van der Waals surface area contributed by atoms with E-state index in [0.29, 0.717) is 11.3 Å². The molecule has 0 unspecified atom stereocenters. The van der Waals surface area contributed by atoms with Crippen molar-refractivity contribution in [3.63, 3.8) is 0 Å². The fourth-order valence-corrected chi connectivity index (χ4v) is 3.02. The Labute approximate surface area is 124 Å². The monoisotopic (exact) mass is 282 g/mol. The van der Waals surface area contributed by atoms with E-state index < -0.39 is 0 Å². The molecule has 0 amide bonds. The Balaban J connectivity index is 1.97. The lowest BCUT2D eigenvalue weighted by Gasteiger charge is -2.31. The smallest absolute Gasteiger partial charge is 0.337 e. The highest BCUT2D eigenvalue weighted by molar-refractivity contribution is 5.90. The molecule has 1 aliphatic carbocycles. The van der Waals surface area contributed by atoms with E-state index in [-0.39, 0.29) is 18.0 Å². The third-order valence-corrected chi connectivity index (χ3v) is 4.02. The number of hydrogen-bond acceptors (Lipinski definition) is 3. The average Bonchev–Trinajstić information content (AvgIpc) is 2.67. The van der Waals surface area contributed by atoms with Crippen LogP contribution in [0.15, 0.2) is 59.9 Å². The van der Waals surface area contributed by atoms with E-state index in [4.69, 9.17) is 9.47 Å². The minimum atomic E-state index is -0.302. The van der Waals surface area contributed by atoms with Gasteiger partial charge in [-0.15, -0.1) is 0 Å². The lowest BCUT2D eigenvalue weighted by atomic mass is 9.87. The third kappa shape index (κ3) is 2.51. The second-order valence-electron chi connectivity index (χ2n) is 5.28. The van der Waals surface area contributed by atoms with Gasteiger partial charge in [0.15, 0.2) is 0 Å².